The largest absolute Gasteiger partial charge is 0.339 e. The van der Waals surface area contributed by atoms with Gasteiger partial charge in [-0.3, -0.25) is 9.59 Å². The highest BCUT2D eigenvalue weighted by Gasteiger charge is 2.28. The van der Waals surface area contributed by atoms with Gasteiger partial charge in [0.1, 0.15) is 0 Å². The number of carbonyl (C=O) groups is 2. The second kappa shape index (κ2) is 9.36. The summed E-state index contributed by atoms with van der Waals surface area (Å²) in [6, 6.07) is 7.88. The highest BCUT2D eigenvalue weighted by atomic mass is 16.2. The number of aryl methyl sites for hydroxylation is 1. The summed E-state index contributed by atoms with van der Waals surface area (Å²) in [6.07, 6.45) is 3.96. The summed E-state index contributed by atoms with van der Waals surface area (Å²) in [7, 11) is 0. The van der Waals surface area contributed by atoms with Crippen molar-refractivity contribution in [2.75, 3.05) is 39.3 Å². The smallest absolute Gasteiger partial charge is 0.253 e. The standard InChI is InChI=1S/C22H33N3O2/c1-3-18-4-6-20(7-5-18)22(27)25-14-12-24(13-15-25)21(26)16-17(2)19-8-10-23-11-9-19/h4-7,17,19,23H,3,8-16H2,1-2H3. The van der Waals surface area contributed by atoms with Gasteiger partial charge in [-0.05, 0) is 61.9 Å². The minimum atomic E-state index is 0.0767. The molecule has 2 saturated heterocycles. The Labute approximate surface area is 163 Å². The number of benzene rings is 1. The van der Waals surface area contributed by atoms with E-state index in [2.05, 4.69) is 19.2 Å². The van der Waals surface area contributed by atoms with Crippen LogP contribution in [0.2, 0.25) is 0 Å². The van der Waals surface area contributed by atoms with E-state index in [-0.39, 0.29) is 11.8 Å². The molecule has 5 heteroatoms. The molecule has 1 unspecified atom stereocenters. The molecule has 148 valence electrons. The van der Waals surface area contributed by atoms with E-state index in [1.165, 1.54) is 18.4 Å². The van der Waals surface area contributed by atoms with Gasteiger partial charge in [-0.2, -0.15) is 0 Å². The number of amides is 2. The Bertz CT molecular complexity index is 629. The van der Waals surface area contributed by atoms with Crippen LogP contribution in [0.3, 0.4) is 0 Å². The maximum atomic E-state index is 12.7. The maximum Gasteiger partial charge on any atom is 0.253 e. The van der Waals surface area contributed by atoms with Gasteiger partial charge >= 0.3 is 0 Å². The van der Waals surface area contributed by atoms with Gasteiger partial charge in [0.05, 0.1) is 0 Å². The molecule has 2 aliphatic rings. The van der Waals surface area contributed by atoms with Crippen LogP contribution in [0.15, 0.2) is 24.3 Å². The predicted octanol–water partition coefficient (Wildman–Crippen LogP) is 2.56. The van der Waals surface area contributed by atoms with Gasteiger partial charge in [0, 0.05) is 38.2 Å². The number of piperazine rings is 1. The van der Waals surface area contributed by atoms with Crippen molar-refractivity contribution < 1.29 is 9.59 Å². The Hall–Kier alpha value is -1.88. The first-order valence-electron chi connectivity index (χ1n) is 10.4. The average Bonchev–Trinajstić information content (AvgIpc) is 2.74. The Morgan fingerprint density at radius 3 is 2.22 bits per heavy atom. The number of nitrogens with zero attached hydrogens (tertiary/aromatic N) is 2. The van der Waals surface area contributed by atoms with Crippen LogP contribution in [0, 0.1) is 11.8 Å². The molecule has 2 amide bonds. The van der Waals surface area contributed by atoms with Gasteiger partial charge in [-0.25, -0.2) is 0 Å². The highest BCUT2D eigenvalue weighted by Crippen LogP contribution is 2.25. The van der Waals surface area contributed by atoms with Crippen molar-refractivity contribution in [3.63, 3.8) is 0 Å². The lowest BCUT2D eigenvalue weighted by Crippen LogP contribution is -2.51. The molecule has 2 fully saturated rings. The van der Waals surface area contributed by atoms with E-state index in [1.807, 2.05) is 34.1 Å². The third-order valence-electron chi connectivity index (χ3n) is 6.21. The van der Waals surface area contributed by atoms with E-state index in [0.717, 1.165) is 25.1 Å². The van der Waals surface area contributed by atoms with E-state index < -0.39 is 0 Å². The molecule has 3 rings (SSSR count). The summed E-state index contributed by atoms with van der Waals surface area (Å²) in [5.41, 5.74) is 1.98. The fourth-order valence-corrected chi connectivity index (χ4v) is 4.21. The van der Waals surface area contributed by atoms with Crippen molar-refractivity contribution in [3.8, 4) is 0 Å². The lowest BCUT2D eigenvalue weighted by atomic mass is 9.84. The molecule has 0 saturated carbocycles. The molecule has 1 atom stereocenters. The minimum Gasteiger partial charge on any atom is -0.339 e. The number of carbonyl (C=O) groups excluding carboxylic acids is 2. The van der Waals surface area contributed by atoms with Gasteiger partial charge in [0.2, 0.25) is 5.91 Å². The average molecular weight is 372 g/mol. The fourth-order valence-electron chi connectivity index (χ4n) is 4.21. The Morgan fingerprint density at radius 2 is 1.63 bits per heavy atom. The molecular weight excluding hydrogens is 338 g/mol. The van der Waals surface area contributed by atoms with Crippen LogP contribution in [0.25, 0.3) is 0 Å². The molecule has 1 aromatic carbocycles. The lowest BCUT2D eigenvalue weighted by molar-refractivity contribution is -0.134. The normalized spacial score (nSPS) is 19.8. The molecule has 0 spiro atoms. The Morgan fingerprint density at radius 1 is 1.04 bits per heavy atom. The molecular formula is C22H33N3O2. The molecule has 27 heavy (non-hydrogen) atoms. The van der Waals surface area contributed by atoms with Crippen LogP contribution >= 0.6 is 0 Å². The second-order valence-corrected chi connectivity index (χ2v) is 7.99. The molecule has 1 N–H and O–H groups in total. The number of rotatable bonds is 5. The van der Waals surface area contributed by atoms with Crippen molar-refractivity contribution in [1.29, 1.82) is 0 Å². The monoisotopic (exact) mass is 371 g/mol. The van der Waals surface area contributed by atoms with Crippen LogP contribution in [0.5, 0.6) is 0 Å². The summed E-state index contributed by atoms with van der Waals surface area (Å²) in [4.78, 5) is 29.2. The molecule has 0 aliphatic carbocycles. The minimum absolute atomic E-state index is 0.0767. The van der Waals surface area contributed by atoms with Gasteiger partial charge in [0.15, 0.2) is 0 Å². The number of nitrogens with one attached hydrogen (secondary N) is 1. The van der Waals surface area contributed by atoms with E-state index in [1.54, 1.807) is 0 Å². The first-order valence-corrected chi connectivity index (χ1v) is 10.4. The molecule has 0 bridgehead atoms. The Balaban J connectivity index is 1.47. The summed E-state index contributed by atoms with van der Waals surface area (Å²) in [6.45, 7) is 9.02. The molecule has 2 aliphatic heterocycles. The van der Waals surface area contributed by atoms with E-state index in [4.69, 9.17) is 0 Å². The number of hydrogen-bond donors (Lipinski definition) is 1. The van der Waals surface area contributed by atoms with Crippen LogP contribution in [-0.2, 0) is 11.2 Å². The van der Waals surface area contributed by atoms with Crippen LogP contribution in [0.1, 0.15) is 49.0 Å². The second-order valence-electron chi connectivity index (χ2n) is 7.99. The van der Waals surface area contributed by atoms with Gasteiger partial charge in [-0.15, -0.1) is 0 Å². The molecule has 2 heterocycles. The zero-order valence-electron chi connectivity index (χ0n) is 16.7. The number of hydrogen-bond acceptors (Lipinski definition) is 3. The van der Waals surface area contributed by atoms with E-state index in [9.17, 15) is 9.59 Å². The zero-order valence-corrected chi connectivity index (χ0v) is 16.7. The summed E-state index contributed by atoms with van der Waals surface area (Å²) < 4.78 is 0. The van der Waals surface area contributed by atoms with Gasteiger partial charge in [-0.1, -0.05) is 26.0 Å². The van der Waals surface area contributed by atoms with Gasteiger partial charge < -0.3 is 15.1 Å². The lowest BCUT2D eigenvalue weighted by Gasteiger charge is -2.36. The third-order valence-corrected chi connectivity index (χ3v) is 6.21. The van der Waals surface area contributed by atoms with Crippen molar-refractivity contribution >= 4 is 11.8 Å². The van der Waals surface area contributed by atoms with E-state index in [0.29, 0.717) is 44.4 Å². The first-order chi connectivity index (χ1) is 13.1. The summed E-state index contributed by atoms with van der Waals surface area (Å²) in [5.74, 6) is 1.42. The molecule has 5 nitrogen and oxygen atoms in total. The quantitative estimate of drug-likeness (QED) is 0.865. The van der Waals surface area contributed by atoms with Gasteiger partial charge in [0.25, 0.3) is 5.91 Å². The third kappa shape index (κ3) is 5.10. The molecule has 0 aromatic heterocycles. The molecule has 0 radical (unpaired) electrons. The maximum absolute atomic E-state index is 12.7. The predicted molar refractivity (Wildman–Crippen MR) is 108 cm³/mol. The molecule has 1 aromatic rings. The number of piperidine rings is 1. The van der Waals surface area contributed by atoms with Crippen LogP contribution < -0.4 is 5.32 Å². The highest BCUT2D eigenvalue weighted by molar-refractivity contribution is 5.94. The SMILES string of the molecule is CCc1ccc(C(=O)N2CCN(C(=O)CC(C)C3CCNCC3)CC2)cc1. The summed E-state index contributed by atoms with van der Waals surface area (Å²) in [5, 5.41) is 3.39. The van der Waals surface area contributed by atoms with Crippen molar-refractivity contribution in [1.82, 2.24) is 15.1 Å². The van der Waals surface area contributed by atoms with Crippen molar-refractivity contribution in [2.45, 2.75) is 39.5 Å². The topological polar surface area (TPSA) is 52.7 Å². The van der Waals surface area contributed by atoms with Crippen molar-refractivity contribution in [3.05, 3.63) is 35.4 Å². The fraction of sp³-hybridized carbons (Fsp3) is 0.636. The first kappa shape index (κ1) is 19.9. The van der Waals surface area contributed by atoms with Crippen molar-refractivity contribution in [2.24, 2.45) is 11.8 Å². The zero-order chi connectivity index (χ0) is 19.2. The summed E-state index contributed by atoms with van der Waals surface area (Å²) >= 11 is 0. The van der Waals surface area contributed by atoms with E-state index >= 15 is 0 Å². The van der Waals surface area contributed by atoms with Crippen LogP contribution in [0.4, 0.5) is 0 Å². The Kier molecular flexibility index (Phi) is 6.89. The van der Waals surface area contributed by atoms with Crippen LogP contribution in [-0.4, -0.2) is 60.9 Å².